The van der Waals surface area contributed by atoms with E-state index in [1.807, 2.05) is 45.9 Å². The first kappa shape index (κ1) is 20.9. The van der Waals surface area contributed by atoms with Gasteiger partial charge in [0.1, 0.15) is 0 Å². The molecule has 1 aliphatic carbocycles. The van der Waals surface area contributed by atoms with Crippen LogP contribution < -0.4 is 5.73 Å². The minimum Gasteiger partial charge on any atom is -0.409 e. The third-order valence-electron chi connectivity index (χ3n) is 5.68. The summed E-state index contributed by atoms with van der Waals surface area (Å²) in [7, 11) is 1.80. The van der Waals surface area contributed by atoms with Crippen molar-refractivity contribution in [1.82, 2.24) is 4.90 Å². The Morgan fingerprint density at radius 1 is 1.48 bits per heavy atom. The Hall–Kier alpha value is -2.36. The van der Waals surface area contributed by atoms with E-state index in [1.165, 1.54) is 0 Å². The third-order valence-corrected chi connectivity index (χ3v) is 5.68. The van der Waals surface area contributed by atoms with Crippen molar-refractivity contribution in [2.24, 2.45) is 10.9 Å². The fraction of sp³-hybridized carbons (Fsp3) is 0.524. The molecule has 1 aliphatic rings. The zero-order valence-corrected chi connectivity index (χ0v) is 16.9. The van der Waals surface area contributed by atoms with Crippen LogP contribution in [0.1, 0.15) is 56.8 Å². The average Bonchev–Trinajstić information content (AvgIpc) is 3.02. The van der Waals surface area contributed by atoms with Crippen molar-refractivity contribution >= 4 is 5.84 Å². The number of nitrogens with zero attached hydrogens (tertiary/aromatic N) is 3. The Labute approximate surface area is 161 Å². The van der Waals surface area contributed by atoms with E-state index in [0.29, 0.717) is 11.4 Å². The van der Waals surface area contributed by atoms with Gasteiger partial charge in [-0.3, -0.25) is 0 Å². The van der Waals surface area contributed by atoms with Gasteiger partial charge in [-0.1, -0.05) is 29.9 Å². The van der Waals surface area contributed by atoms with E-state index in [4.69, 9.17) is 10.5 Å². The standard InChI is InChI=1S/C21H30N4O2/c1-13(2)27-15(4)21(5,14(3)12-22)25(6)20(24-26)18-9-7-8-17-16(18)10-11-19(17)23/h7-9,13,15,19,26H,3,10-11,23H2,1-2,4-6H3/b24-20-/t15-,19-,21?/m1/s1. The van der Waals surface area contributed by atoms with Crippen molar-refractivity contribution in [3.63, 3.8) is 0 Å². The first-order valence-corrected chi connectivity index (χ1v) is 9.27. The third kappa shape index (κ3) is 3.71. The van der Waals surface area contributed by atoms with Gasteiger partial charge >= 0.3 is 0 Å². The van der Waals surface area contributed by atoms with Crippen LogP contribution in [0.2, 0.25) is 0 Å². The van der Waals surface area contributed by atoms with Gasteiger partial charge in [-0.25, -0.2) is 0 Å². The van der Waals surface area contributed by atoms with Crippen LogP contribution in [0.4, 0.5) is 0 Å². The van der Waals surface area contributed by atoms with Crippen LogP contribution in [0.25, 0.3) is 0 Å². The zero-order chi connectivity index (χ0) is 20.4. The molecule has 0 amide bonds. The Morgan fingerprint density at radius 2 is 2.15 bits per heavy atom. The number of ether oxygens (including phenoxy) is 1. The summed E-state index contributed by atoms with van der Waals surface area (Å²) in [5.74, 6) is 0.374. The summed E-state index contributed by atoms with van der Waals surface area (Å²) in [6.45, 7) is 11.6. The van der Waals surface area contributed by atoms with Gasteiger partial charge in [0, 0.05) is 18.7 Å². The fourth-order valence-electron chi connectivity index (χ4n) is 3.79. The van der Waals surface area contributed by atoms with Crippen LogP contribution in [-0.2, 0) is 11.2 Å². The van der Waals surface area contributed by atoms with E-state index in [9.17, 15) is 10.5 Å². The Morgan fingerprint density at radius 3 is 2.70 bits per heavy atom. The molecule has 2 rings (SSSR count). The van der Waals surface area contributed by atoms with E-state index < -0.39 is 5.54 Å². The molecule has 146 valence electrons. The van der Waals surface area contributed by atoms with Crippen molar-refractivity contribution in [3.8, 4) is 6.07 Å². The Balaban J connectivity index is 2.53. The summed E-state index contributed by atoms with van der Waals surface area (Å²) >= 11 is 0. The molecule has 0 saturated heterocycles. The van der Waals surface area contributed by atoms with Crippen molar-refractivity contribution in [2.45, 2.75) is 64.3 Å². The predicted molar refractivity (Wildman–Crippen MR) is 107 cm³/mol. The molecule has 1 aromatic rings. The van der Waals surface area contributed by atoms with Crippen LogP contribution in [-0.4, -0.2) is 40.7 Å². The number of rotatable bonds is 6. The molecule has 1 unspecified atom stereocenters. The molecule has 3 N–H and O–H groups in total. The number of nitriles is 1. The molecule has 1 aromatic carbocycles. The normalized spacial score (nSPS) is 19.9. The predicted octanol–water partition coefficient (Wildman–Crippen LogP) is 3.35. The van der Waals surface area contributed by atoms with Crippen LogP contribution in [0.3, 0.4) is 0 Å². The number of benzene rings is 1. The Bertz CT molecular complexity index is 781. The number of hydrogen-bond donors (Lipinski definition) is 2. The molecular weight excluding hydrogens is 340 g/mol. The molecule has 0 aromatic heterocycles. The molecule has 6 nitrogen and oxygen atoms in total. The Kier molecular flexibility index (Phi) is 6.30. The molecule has 0 radical (unpaired) electrons. The lowest BCUT2D eigenvalue weighted by atomic mass is 9.85. The smallest absolute Gasteiger partial charge is 0.176 e. The second kappa shape index (κ2) is 8.12. The zero-order valence-electron chi connectivity index (χ0n) is 16.9. The highest BCUT2D eigenvalue weighted by Gasteiger charge is 2.42. The first-order chi connectivity index (χ1) is 12.7. The fourth-order valence-corrected chi connectivity index (χ4v) is 3.79. The van der Waals surface area contributed by atoms with Gasteiger partial charge in [-0.15, -0.1) is 0 Å². The van der Waals surface area contributed by atoms with Gasteiger partial charge in [-0.2, -0.15) is 5.26 Å². The summed E-state index contributed by atoms with van der Waals surface area (Å²) in [6, 6.07) is 8.01. The van der Waals surface area contributed by atoms with Crippen LogP contribution >= 0.6 is 0 Å². The molecule has 6 heteroatoms. The minimum absolute atomic E-state index is 0.00569. The number of hydrogen-bond acceptors (Lipinski definition) is 5. The summed E-state index contributed by atoms with van der Waals surface area (Å²) in [6.07, 6.45) is 1.32. The van der Waals surface area contributed by atoms with Crippen molar-refractivity contribution in [3.05, 3.63) is 47.0 Å². The topological polar surface area (TPSA) is 94.9 Å². The van der Waals surface area contributed by atoms with E-state index in [2.05, 4.69) is 17.8 Å². The highest BCUT2D eigenvalue weighted by Crippen LogP contribution is 2.35. The highest BCUT2D eigenvalue weighted by atomic mass is 16.5. The number of likely N-dealkylation sites (N-methyl/N-ethyl adjacent to an activating group) is 1. The van der Waals surface area contributed by atoms with E-state index in [-0.39, 0.29) is 18.2 Å². The lowest BCUT2D eigenvalue weighted by Gasteiger charge is -2.44. The second-order valence-corrected chi connectivity index (χ2v) is 7.57. The molecule has 27 heavy (non-hydrogen) atoms. The van der Waals surface area contributed by atoms with Crippen LogP contribution in [0, 0.1) is 11.3 Å². The van der Waals surface area contributed by atoms with Gasteiger partial charge in [-0.05, 0) is 51.7 Å². The molecular formula is C21H30N4O2. The van der Waals surface area contributed by atoms with E-state index >= 15 is 0 Å². The molecule has 0 fully saturated rings. The van der Waals surface area contributed by atoms with Crippen molar-refractivity contribution in [2.75, 3.05) is 7.05 Å². The van der Waals surface area contributed by atoms with Crippen molar-refractivity contribution < 1.29 is 9.94 Å². The number of amidine groups is 1. The summed E-state index contributed by atoms with van der Waals surface area (Å²) in [5, 5.41) is 23.1. The maximum absolute atomic E-state index is 9.89. The van der Waals surface area contributed by atoms with E-state index in [1.54, 1.807) is 11.9 Å². The number of nitrogens with two attached hydrogens (primary N) is 1. The average molecular weight is 370 g/mol. The summed E-state index contributed by atoms with van der Waals surface area (Å²) in [5.41, 5.74) is 8.64. The molecule has 0 aliphatic heterocycles. The SMILES string of the molecule is C=C(C#N)C(C)([C@@H](C)OC(C)C)N(C)/C(=N\O)c1cccc2c1CC[C@H]2N. The largest absolute Gasteiger partial charge is 0.409 e. The quantitative estimate of drug-likeness (QED) is 0.263. The molecule has 0 spiro atoms. The molecule has 3 atom stereocenters. The van der Waals surface area contributed by atoms with Crippen LogP contribution in [0.15, 0.2) is 35.5 Å². The first-order valence-electron chi connectivity index (χ1n) is 9.27. The molecule has 0 saturated carbocycles. The maximum Gasteiger partial charge on any atom is 0.176 e. The second-order valence-electron chi connectivity index (χ2n) is 7.57. The lowest BCUT2D eigenvalue weighted by Crippen LogP contribution is -2.56. The van der Waals surface area contributed by atoms with Gasteiger partial charge < -0.3 is 20.6 Å². The minimum atomic E-state index is -0.885. The van der Waals surface area contributed by atoms with E-state index in [0.717, 1.165) is 29.5 Å². The van der Waals surface area contributed by atoms with Gasteiger partial charge in [0.15, 0.2) is 5.84 Å². The van der Waals surface area contributed by atoms with Crippen LogP contribution in [0.5, 0.6) is 0 Å². The monoisotopic (exact) mass is 370 g/mol. The maximum atomic E-state index is 9.89. The van der Waals surface area contributed by atoms with Gasteiger partial charge in [0.25, 0.3) is 0 Å². The molecule has 0 heterocycles. The summed E-state index contributed by atoms with van der Waals surface area (Å²) < 4.78 is 5.99. The lowest BCUT2D eigenvalue weighted by molar-refractivity contribution is -0.0407. The highest BCUT2D eigenvalue weighted by molar-refractivity contribution is 6.00. The van der Waals surface area contributed by atoms with Gasteiger partial charge in [0.2, 0.25) is 0 Å². The van der Waals surface area contributed by atoms with Crippen molar-refractivity contribution in [1.29, 1.82) is 5.26 Å². The molecule has 0 bridgehead atoms. The number of fused-ring (bicyclic) bond motifs is 1. The number of oxime groups is 1. The summed E-state index contributed by atoms with van der Waals surface area (Å²) in [4.78, 5) is 1.78. The van der Waals surface area contributed by atoms with Gasteiger partial charge in [0.05, 0.1) is 29.4 Å².